The fraction of sp³-hybridized carbons (Fsp3) is 0.636. The van der Waals surface area contributed by atoms with Gasteiger partial charge in [-0.25, -0.2) is 9.59 Å². The van der Waals surface area contributed by atoms with Crippen LogP contribution in [0.4, 0.5) is 0 Å². The van der Waals surface area contributed by atoms with Gasteiger partial charge in [-0.2, -0.15) is 0 Å². The maximum absolute atomic E-state index is 14.2. The van der Waals surface area contributed by atoms with Gasteiger partial charge >= 0.3 is 11.9 Å². The molecule has 290 valence electrons. The van der Waals surface area contributed by atoms with E-state index in [2.05, 4.69) is 105 Å². The lowest BCUT2D eigenvalue weighted by Crippen LogP contribution is -2.58. The lowest BCUT2D eigenvalue weighted by atomic mass is 9.59. The van der Waals surface area contributed by atoms with E-state index in [9.17, 15) is 9.59 Å². The van der Waals surface area contributed by atoms with E-state index < -0.39 is 42.0 Å². The second-order valence-electron chi connectivity index (χ2n) is 18.2. The summed E-state index contributed by atoms with van der Waals surface area (Å²) in [6.45, 7) is 26.0. The van der Waals surface area contributed by atoms with Crippen molar-refractivity contribution in [1.29, 1.82) is 0 Å². The summed E-state index contributed by atoms with van der Waals surface area (Å²) in [6.07, 6.45) is 8.21. The molecule has 2 aromatic rings. The number of carbonyl (C=O) groups excluding carboxylic acids is 2. The number of ether oxygens (including phenoxy) is 3. The summed E-state index contributed by atoms with van der Waals surface area (Å²) >= 11 is 0. The van der Waals surface area contributed by atoms with Crippen molar-refractivity contribution >= 4 is 40.8 Å². The summed E-state index contributed by atoms with van der Waals surface area (Å²) < 4.78 is 32.7. The quantitative estimate of drug-likeness (QED) is 0.157. The Balaban J connectivity index is 1.46. The summed E-state index contributed by atoms with van der Waals surface area (Å²) in [5, 5.41) is 2.18. The molecule has 5 rings (SSSR count). The van der Waals surface area contributed by atoms with E-state index >= 15 is 0 Å². The van der Waals surface area contributed by atoms with Gasteiger partial charge in [-0.1, -0.05) is 104 Å². The fourth-order valence-corrected chi connectivity index (χ4v) is 10.6. The molecule has 0 saturated carbocycles. The monoisotopic (exact) mass is 760 g/mol. The third-order valence-electron chi connectivity index (χ3n) is 11.6. The van der Waals surface area contributed by atoms with Crippen molar-refractivity contribution in [3.8, 4) is 5.75 Å². The van der Waals surface area contributed by atoms with E-state index in [4.69, 9.17) is 23.1 Å². The standard InChI is InChI=1S/C44H64O7Si2/c1-13-36(47-33-21-20-29-16-14-15-17-30(29)25-33)40(45)49-37-26-32(42(3,4)5)24-31-19-18-28(2)44(38(31)37,51-53(11)12)23-22-34-27-35(43(6,7)8)39(41(46)48-34)50-52(9)10/h14-21,24-25,28,32,34-39H,13,22-23,26-27H2,1-12H3/t28-,32+,34+,35-,36?,37-,38+,39?,44-/m0/s1. The van der Waals surface area contributed by atoms with Crippen molar-refractivity contribution in [2.24, 2.45) is 34.5 Å². The van der Waals surface area contributed by atoms with Crippen LogP contribution in [0.5, 0.6) is 5.75 Å². The van der Waals surface area contributed by atoms with Crippen LogP contribution in [0.1, 0.15) is 87.5 Å². The molecule has 2 radical (unpaired) electrons. The Kier molecular flexibility index (Phi) is 12.9. The average molecular weight is 761 g/mol. The molecule has 0 amide bonds. The number of fused-ring (bicyclic) bond motifs is 2. The maximum atomic E-state index is 14.2. The van der Waals surface area contributed by atoms with E-state index in [-0.39, 0.29) is 52.5 Å². The molecule has 0 aromatic heterocycles. The molecule has 3 aliphatic rings. The van der Waals surface area contributed by atoms with Crippen molar-refractivity contribution < 1.29 is 32.7 Å². The highest BCUT2D eigenvalue weighted by molar-refractivity contribution is 6.49. The minimum atomic E-state index is -1.21. The molecule has 2 aromatic carbocycles. The second kappa shape index (κ2) is 16.6. The second-order valence-corrected chi connectivity index (χ2v) is 22.3. The first-order valence-electron chi connectivity index (χ1n) is 19.7. The Labute approximate surface area is 322 Å². The lowest BCUT2D eigenvalue weighted by molar-refractivity contribution is -0.180. The molecule has 7 nitrogen and oxygen atoms in total. The zero-order valence-electron chi connectivity index (χ0n) is 34.3. The van der Waals surface area contributed by atoms with Gasteiger partial charge in [0.1, 0.15) is 24.1 Å². The van der Waals surface area contributed by atoms with Gasteiger partial charge in [0.05, 0.1) is 5.60 Å². The fourth-order valence-electron chi connectivity index (χ4n) is 8.69. The molecule has 9 heteroatoms. The number of hydrogen-bond donors (Lipinski definition) is 0. The summed E-state index contributed by atoms with van der Waals surface area (Å²) in [5.41, 5.74) is 0.366. The number of allylic oxidation sites excluding steroid dienone is 2. The number of carbonyl (C=O) groups is 2. The van der Waals surface area contributed by atoms with Crippen LogP contribution in [0.3, 0.4) is 0 Å². The van der Waals surface area contributed by atoms with E-state index in [0.29, 0.717) is 31.4 Å². The Hall–Kier alpha value is -2.73. The number of rotatable bonds is 12. The number of esters is 2. The highest BCUT2D eigenvalue weighted by atomic mass is 28.3. The number of benzene rings is 2. The van der Waals surface area contributed by atoms with Gasteiger partial charge in [0.2, 0.25) is 18.1 Å². The third kappa shape index (κ3) is 9.57. The van der Waals surface area contributed by atoms with Crippen molar-refractivity contribution in [2.75, 3.05) is 0 Å². The Morgan fingerprint density at radius 2 is 1.66 bits per heavy atom. The highest BCUT2D eigenvalue weighted by Gasteiger charge is 2.55. The zero-order valence-corrected chi connectivity index (χ0v) is 36.3. The van der Waals surface area contributed by atoms with Crippen molar-refractivity contribution in [3.63, 3.8) is 0 Å². The minimum absolute atomic E-state index is 0.0335. The Morgan fingerprint density at radius 3 is 2.28 bits per heavy atom. The Morgan fingerprint density at radius 1 is 0.962 bits per heavy atom. The van der Waals surface area contributed by atoms with Gasteiger partial charge in [-0.3, -0.25) is 0 Å². The van der Waals surface area contributed by atoms with Gasteiger partial charge in [0.25, 0.3) is 0 Å². The third-order valence-corrected chi connectivity index (χ3v) is 13.1. The number of hydrogen-bond acceptors (Lipinski definition) is 7. The Bertz CT molecular complexity index is 1650. The molecule has 0 bridgehead atoms. The molecule has 1 fully saturated rings. The van der Waals surface area contributed by atoms with E-state index in [1.54, 1.807) is 0 Å². The topological polar surface area (TPSA) is 80.3 Å². The SMILES string of the molecule is CCC(Oc1ccc2ccccc2c1)C(=O)O[C@H]1C[C@H](C(C)(C)C)C=C2C=C[C@H](C)[C@](CC[C@@H]3C[C@H](C(C)(C)C)C(O[Si](C)C)C(=O)O3)(O[Si](C)C)[C@H]21. The molecule has 1 saturated heterocycles. The minimum Gasteiger partial charge on any atom is -0.479 e. The summed E-state index contributed by atoms with van der Waals surface area (Å²) in [7, 11) is -2.31. The lowest BCUT2D eigenvalue weighted by Gasteiger charge is -2.54. The first-order valence-corrected chi connectivity index (χ1v) is 24.6. The average Bonchev–Trinajstić information content (AvgIpc) is 3.07. The van der Waals surface area contributed by atoms with Gasteiger partial charge in [-0.15, -0.1) is 0 Å². The molecule has 2 aliphatic carbocycles. The first kappa shape index (κ1) is 41.4. The molecular formula is C44H64O7Si2. The highest BCUT2D eigenvalue weighted by Crippen LogP contribution is 2.53. The van der Waals surface area contributed by atoms with Gasteiger partial charge in [0, 0.05) is 17.8 Å². The normalized spacial score (nSPS) is 29.8. The molecule has 9 atom stereocenters. The molecule has 1 heterocycles. The van der Waals surface area contributed by atoms with E-state index in [1.807, 2.05) is 37.3 Å². The van der Waals surface area contributed by atoms with Crippen LogP contribution in [0.25, 0.3) is 10.8 Å². The van der Waals surface area contributed by atoms with E-state index in [0.717, 1.165) is 17.2 Å². The van der Waals surface area contributed by atoms with Gasteiger partial charge in [-0.05, 0) is 104 Å². The predicted octanol–water partition coefficient (Wildman–Crippen LogP) is 10.1. The molecule has 1 aliphatic heterocycles. The van der Waals surface area contributed by atoms with Crippen LogP contribution in [0, 0.1) is 34.5 Å². The zero-order chi connectivity index (χ0) is 38.9. The summed E-state index contributed by atoms with van der Waals surface area (Å²) in [5.74, 6) is 0.176. The van der Waals surface area contributed by atoms with Crippen molar-refractivity contribution in [3.05, 3.63) is 66.3 Å². The van der Waals surface area contributed by atoms with Gasteiger partial charge < -0.3 is 23.1 Å². The van der Waals surface area contributed by atoms with Crippen molar-refractivity contribution in [1.82, 2.24) is 0 Å². The van der Waals surface area contributed by atoms with E-state index in [1.165, 1.54) is 5.57 Å². The van der Waals surface area contributed by atoms with Crippen LogP contribution in [0.15, 0.2) is 66.3 Å². The van der Waals surface area contributed by atoms with Gasteiger partial charge in [0.15, 0.2) is 6.10 Å². The molecule has 0 N–H and O–H groups in total. The summed E-state index contributed by atoms with van der Waals surface area (Å²) in [6, 6.07) is 14.1. The molecule has 53 heavy (non-hydrogen) atoms. The smallest absolute Gasteiger partial charge is 0.347 e. The largest absolute Gasteiger partial charge is 0.479 e. The van der Waals surface area contributed by atoms with Crippen LogP contribution in [-0.4, -0.2) is 60.0 Å². The van der Waals surface area contributed by atoms with Crippen LogP contribution in [-0.2, 0) is 27.9 Å². The first-order chi connectivity index (χ1) is 24.8. The number of cyclic esters (lactones) is 1. The van der Waals surface area contributed by atoms with Crippen LogP contribution >= 0.6 is 0 Å². The molecule has 0 spiro atoms. The predicted molar refractivity (Wildman–Crippen MR) is 216 cm³/mol. The molecule has 2 unspecified atom stereocenters. The van der Waals surface area contributed by atoms with Crippen LogP contribution in [0.2, 0.25) is 26.2 Å². The maximum Gasteiger partial charge on any atom is 0.347 e. The summed E-state index contributed by atoms with van der Waals surface area (Å²) in [4.78, 5) is 27.8. The molecular weight excluding hydrogens is 697 g/mol. The van der Waals surface area contributed by atoms with Crippen molar-refractivity contribution in [2.45, 2.75) is 144 Å². The van der Waals surface area contributed by atoms with Crippen LogP contribution < -0.4 is 4.74 Å².